The third-order valence-corrected chi connectivity index (χ3v) is 4.03. The summed E-state index contributed by atoms with van der Waals surface area (Å²) < 4.78 is 8.25. The van der Waals surface area contributed by atoms with Gasteiger partial charge in [-0.2, -0.15) is 5.10 Å². The number of aromatic nitrogens is 2. The van der Waals surface area contributed by atoms with Gasteiger partial charge in [0.1, 0.15) is 11.3 Å². The van der Waals surface area contributed by atoms with Gasteiger partial charge in [-0.25, -0.2) is 0 Å². The minimum absolute atomic E-state index is 0.0563. The fourth-order valence-electron chi connectivity index (χ4n) is 2.59. The molecule has 0 aliphatic heterocycles. The molecule has 0 aromatic carbocycles. The zero-order valence-electron chi connectivity index (χ0n) is 12.0. The predicted molar refractivity (Wildman–Crippen MR) is 73.1 cm³/mol. The second-order valence-corrected chi connectivity index (χ2v) is 5.37. The zero-order valence-corrected chi connectivity index (χ0v) is 12.0. The van der Waals surface area contributed by atoms with E-state index in [1.807, 2.05) is 18.7 Å². The summed E-state index contributed by atoms with van der Waals surface area (Å²) in [5.74, 6) is 0.994. The average Bonchev–Trinajstić information content (AvgIpc) is 2.52. The van der Waals surface area contributed by atoms with Crippen LogP contribution in [0.15, 0.2) is 0 Å². The summed E-state index contributed by atoms with van der Waals surface area (Å²) in [7, 11) is 1.97. The van der Waals surface area contributed by atoms with E-state index in [0.29, 0.717) is 0 Å². The molecule has 102 valence electrons. The van der Waals surface area contributed by atoms with Gasteiger partial charge in [0.2, 0.25) is 0 Å². The molecule has 1 aliphatic rings. The van der Waals surface area contributed by atoms with Crippen LogP contribution in [0.5, 0.6) is 5.75 Å². The monoisotopic (exact) mass is 251 g/mol. The van der Waals surface area contributed by atoms with E-state index in [0.717, 1.165) is 36.6 Å². The fraction of sp³-hybridized carbons (Fsp3) is 0.786. The van der Waals surface area contributed by atoms with Crippen LogP contribution in [0.3, 0.4) is 0 Å². The molecule has 1 heterocycles. The van der Waals surface area contributed by atoms with E-state index in [1.54, 1.807) is 0 Å². The van der Waals surface area contributed by atoms with E-state index in [4.69, 9.17) is 4.74 Å². The molecule has 0 bridgehead atoms. The molecule has 0 atom stereocenters. The molecule has 1 N–H and O–H groups in total. The molecule has 0 saturated heterocycles. The number of nitrogens with zero attached hydrogens (tertiary/aromatic N) is 2. The maximum Gasteiger partial charge on any atom is 0.163 e. The Labute approximate surface area is 110 Å². The molecule has 1 saturated carbocycles. The van der Waals surface area contributed by atoms with Crippen LogP contribution in [0.2, 0.25) is 0 Å². The summed E-state index contributed by atoms with van der Waals surface area (Å²) in [6, 6.07) is 0. The summed E-state index contributed by atoms with van der Waals surface area (Å²) >= 11 is 0. The number of hydrogen-bond donors (Lipinski definition) is 1. The van der Waals surface area contributed by atoms with Gasteiger partial charge in [-0.3, -0.25) is 4.68 Å². The number of rotatable bonds is 6. The SMILES string of the molecule is CCNCCC1(Oc2c(C)nn(C)c2C)CCC1. The van der Waals surface area contributed by atoms with Gasteiger partial charge in [0.25, 0.3) is 0 Å². The van der Waals surface area contributed by atoms with Crippen LogP contribution in [-0.4, -0.2) is 28.5 Å². The van der Waals surface area contributed by atoms with Crippen LogP contribution in [-0.2, 0) is 7.05 Å². The van der Waals surface area contributed by atoms with E-state index in [2.05, 4.69) is 24.3 Å². The molecule has 1 aromatic rings. The maximum absolute atomic E-state index is 6.34. The van der Waals surface area contributed by atoms with Gasteiger partial charge in [0.15, 0.2) is 5.75 Å². The van der Waals surface area contributed by atoms with Crippen molar-refractivity contribution in [3.05, 3.63) is 11.4 Å². The molecule has 1 fully saturated rings. The Balaban J connectivity index is 2.05. The van der Waals surface area contributed by atoms with Crippen molar-refractivity contribution in [2.45, 2.75) is 52.1 Å². The van der Waals surface area contributed by atoms with Gasteiger partial charge in [-0.1, -0.05) is 6.92 Å². The normalized spacial score (nSPS) is 17.6. The highest BCUT2D eigenvalue weighted by molar-refractivity contribution is 5.32. The molecule has 2 rings (SSSR count). The van der Waals surface area contributed by atoms with Gasteiger partial charge in [-0.05, 0) is 52.6 Å². The van der Waals surface area contributed by atoms with Crippen molar-refractivity contribution >= 4 is 0 Å². The highest BCUT2D eigenvalue weighted by Crippen LogP contribution is 2.40. The minimum atomic E-state index is 0.0563. The third-order valence-electron chi connectivity index (χ3n) is 4.03. The second-order valence-electron chi connectivity index (χ2n) is 5.37. The van der Waals surface area contributed by atoms with Crippen molar-refractivity contribution in [3.63, 3.8) is 0 Å². The van der Waals surface area contributed by atoms with Crippen LogP contribution in [0.25, 0.3) is 0 Å². The van der Waals surface area contributed by atoms with Crippen LogP contribution in [0.4, 0.5) is 0 Å². The highest BCUT2D eigenvalue weighted by Gasteiger charge is 2.39. The molecule has 1 aliphatic carbocycles. The van der Waals surface area contributed by atoms with Crippen molar-refractivity contribution in [1.82, 2.24) is 15.1 Å². The van der Waals surface area contributed by atoms with Crippen molar-refractivity contribution in [2.75, 3.05) is 13.1 Å². The molecule has 4 heteroatoms. The number of hydrogen-bond acceptors (Lipinski definition) is 3. The molecular formula is C14H25N3O. The van der Waals surface area contributed by atoms with E-state index in [9.17, 15) is 0 Å². The number of nitrogens with one attached hydrogen (secondary N) is 1. The molecule has 0 spiro atoms. The summed E-state index contributed by atoms with van der Waals surface area (Å²) in [5.41, 5.74) is 2.19. The standard InChI is InChI=1S/C14H25N3O/c1-5-15-10-9-14(7-6-8-14)18-13-11(2)16-17(4)12(13)3/h15H,5-10H2,1-4H3. The molecule has 0 radical (unpaired) electrons. The quantitative estimate of drug-likeness (QED) is 0.789. The Hall–Kier alpha value is -1.03. The van der Waals surface area contributed by atoms with Crippen molar-refractivity contribution in [2.24, 2.45) is 7.05 Å². The van der Waals surface area contributed by atoms with Gasteiger partial charge < -0.3 is 10.1 Å². The first-order chi connectivity index (χ1) is 8.58. The zero-order chi connectivity index (χ0) is 13.2. The topological polar surface area (TPSA) is 39.1 Å². The Morgan fingerprint density at radius 3 is 2.56 bits per heavy atom. The van der Waals surface area contributed by atoms with Crippen LogP contribution < -0.4 is 10.1 Å². The first kappa shape index (κ1) is 13.4. The van der Waals surface area contributed by atoms with Crippen LogP contribution >= 0.6 is 0 Å². The smallest absolute Gasteiger partial charge is 0.163 e. The Bertz CT molecular complexity index is 407. The summed E-state index contributed by atoms with van der Waals surface area (Å²) in [6.45, 7) is 8.31. The molecule has 0 unspecified atom stereocenters. The largest absolute Gasteiger partial charge is 0.483 e. The van der Waals surface area contributed by atoms with E-state index < -0.39 is 0 Å². The molecule has 1 aromatic heterocycles. The lowest BCUT2D eigenvalue weighted by atomic mass is 9.77. The Morgan fingerprint density at radius 2 is 2.11 bits per heavy atom. The number of ether oxygens (including phenoxy) is 1. The van der Waals surface area contributed by atoms with Gasteiger partial charge >= 0.3 is 0 Å². The maximum atomic E-state index is 6.34. The fourth-order valence-corrected chi connectivity index (χ4v) is 2.59. The highest BCUT2D eigenvalue weighted by atomic mass is 16.5. The van der Waals surface area contributed by atoms with Crippen molar-refractivity contribution in [3.8, 4) is 5.75 Å². The summed E-state index contributed by atoms with van der Waals surface area (Å²) in [4.78, 5) is 0. The summed E-state index contributed by atoms with van der Waals surface area (Å²) in [6.07, 6.45) is 4.72. The lowest BCUT2D eigenvalue weighted by Gasteiger charge is -2.42. The van der Waals surface area contributed by atoms with Gasteiger partial charge in [0, 0.05) is 7.05 Å². The summed E-state index contributed by atoms with van der Waals surface area (Å²) in [5, 5.41) is 7.82. The third kappa shape index (κ3) is 2.53. The molecule has 18 heavy (non-hydrogen) atoms. The van der Waals surface area contributed by atoms with Gasteiger partial charge in [-0.15, -0.1) is 0 Å². The lowest BCUT2D eigenvalue weighted by Crippen LogP contribution is -2.45. The predicted octanol–water partition coefficient (Wildman–Crippen LogP) is 2.34. The Kier molecular flexibility index (Phi) is 3.95. The lowest BCUT2D eigenvalue weighted by molar-refractivity contribution is -0.0152. The minimum Gasteiger partial charge on any atom is -0.483 e. The molecular weight excluding hydrogens is 226 g/mol. The van der Waals surface area contributed by atoms with Crippen LogP contribution in [0.1, 0.15) is 44.0 Å². The molecule has 4 nitrogen and oxygen atoms in total. The van der Waals surface area contributed by atoms with Crippen molar-refractivity contribution < 1.29 is 4.74 Å². The Morgan fingerprint density at radius 1 is 1.39 bits per heavy atom. The molecule has 0 amide bonds. The van der Waals surface area contributed by atoms with Gasteiger partial charge in [0.05, 0.1) is 5.69 Å². The van der Waals surface area contributed by atoms with E-state index in [1.165, 1.54) is 19.3 Å². The second kappa shape index (κ2) is 5.31. The van der Waals surface area contributed by atoms with E-state index in [-0.39, 0.29) is 5.60 Å². The number of aryl methyl sites for hydroxylation is 2. The average molecular weight is 251 g/mol. The first-order valence-electron chi connectivity index (χ1n) is 6.98. The van der Waals surface area contributed by atoms with E-state index >= 15 is 0 Å². The van der Waals surface area contributed by atoms with Crippen molar-refractivity contribution in [1.29, 1.82) is 0 Å². The first-order valence-corrected chi connectivity index (χ1v) is 6.98. The van der Waals surface area contributed by atoms with Crippen LogP contribution in [0, 0.1) is 13.8 Å².